The minimum absolute atomic E-state index is 0.0615. The number of hydrogen-bond donors (Lipinski definition) is 0. The van der Waals surface area contributed by atoms with Crippen molar-refractivity contribution in [2.45, 2.75) is 13.3 Å². The highest BCUT2D eigenvalue weighted by Crippen LogP contribution is 2.28. The number of rotatable bonds is 2. The molecule has 0 heterocycles. The van der Waals surface area contributed by atoms with Crippen LogP contribution >= 0.6 is 15.9 Å². The van der Waals surface area contributed by atoms with E-state index in [1.165, 1.54) is 12.1 Å². The van der Waals surface area contributed by atoms with E-state index in [9.17, 15) is 18.0 Å². The smallest absolute Gasteiger partial charge is 0.456 e. The van der Waals surface area contributed by atoms with Gasteiger partial charge in [0, 0.05) is 10.4 Å². The molecule has 3 nitrogen and oxygen atoms in total. The normalized spacial score (nSPS) is 10.4. The summed E-state index contributed by atoms with van der Waals surface area (Å²) in [5.74, 6) is 3.05. The maximum Gasteiger partial charge on any atom is 0.573 e. The first-order chi connectivity index (χ1) is 8.81. The van der Waals surface area contributed by atoms with Gasteiger partial charge in [0.05, 0.1) is 12.2 Å². The van der Waals surface area contributed by atoms with Crippen LogP contribution < -0.4 is 4.74 Å². The van der Waals surface area contributed by atoms with Crippen molar-refractivity contribution < 1.29 is 27.4 Å². The first-order valence-corrected chi connectivity index (χ1v) is 5.85. The lowest BCUT2D eigenvalue weighted by Crippen LogP contribution is -2.17. The largest absolute Gasteiger partial charge is 0.573 e. The zero-order valence-corrected chi connectivity index (χ0v) is 11.3. The highest BCUT2D eigenvalue weighted by Gasteiger charge is 2.32. The molecule has 0 fully saturated rings. The van der Waals surface area contributed by atoms with Crippen molar-refractivity contribution in [3.63, 3.8) is 0 Å². The van der Waals surface area contributed by atoms with Crippen molar-refractivity contribution in [1.82, 2.24) is 0 Å². The number of carbonyl (C=O) groups is 1. The van der Waals surface area contributed by atoms with Crippen molar-refractivity contribution in [1.29, 1.82) is 0 Å². The standard InChI is InChI=1S/C12H8BrF3O3/c1-2-18-11(17)6-4-8-3-5-9(13)7-10(8)19-12(14,15)16/h3,5,7H,2H2,1H3. The van der Waals surface area contributed by atoms with Gasteiger partial charge in [0.25, 0.3) is 0 Å². The van der Waals surface area contributed by atoms with Gasteiger partial charge in [0.1, 0.15) is 5.75 Å². The molecule has 1 aromatic rings. The van der Waals surface area contributed by atoms with Crippen LogP contribution in [0, 0.1) is 11.8 Å². The van der Waals surface area contributed by atoms with Crippen molar-refractivity contribution >= 4 is 21.9 Å². The summed E-state index contributed by atoms with van der Waals surface area (Å²) in [7, 11) is 0. The monoisotopic (exact) mass is 336 g/mol. The zero-order chi connectivity index (χ0) is 14.5. The molecular formula is C12H8BrF3O3. The van der Waals surface area contributed by atoms with E-state index in [-0.39, 0.29) is 12.2 Å². The molecule has 0 aliphatic heterocycles. The molecule has 1 aromatic carbocycles. The second-order valence-corrected chi connectivity index (χ2v) is 4.07. The summed E-state index contributed by atoms with van der Waals surface area (Å²) in [6.45, 7) is 1.73. The van der Waals surface area contributed by atoms with E-state index in [4.69, 9.17) is 0 Å². The minimum Gasteiger partial charge on any atom is -0.456 e. The Morgan fingerprint density at radius 2 is 2.11 bits per heavy atom. The van der Waals surface area contributed by atoms with Gasteiger partial charge in [0.15, 0.2) is 0 Å². The maximum absolute atomic E-state index is 12.2. The van der Waals surface area contributed by atoms with E-state index in [1.54, 1.807) is 6.92 Å². The average Bonchev–Trinajstić information content (AvgIpc) is 2.26. The molecular weight excluding hydrogens is 329 g/mol. The van der Waals surface area contributed by atoms with Gasteiger partial charge in [0.2, 0.25) is 0 Å². The van der Waals surface area contributed by atoms with Crippen LogP contribution in [-0.2, 0) is 9.53 Å². The summed E-state index contributed by atoms with van der Waals surface area (Å²) in [4.78, 5) is 11.0. The molecule has 0 aliphatic rings. The summed E-state index contributed by atoms with van der Waals surface area (Å²) in [6, 6.07) is 3.90. The van der Waals surface area contributed by atoms with Crippen molar-refractivity contribution in [2.24, 2.45) is 0 Å². The molecule has 0 N–H and O–H groups in total. The van der Waals surface area contributed by atoms with E-state index >= 15 is 0 Å². The second-order valence-electron chi connectivity index (χ2n) is 3.16. The predicted molar refractivity (Wildman–Crippen MR) is 64.3 cm³/mol. The zero-order valence-electron chi connectivity index (χ0n) is 9.68. The topological polar surface area (TPSA) is 35.5 Å². The molecule has 0 aliphatic carbocycles. The van der Waals surface area contributed by atoms with Crippen LogP contribution in [0.25, 0.3) is 0 Å². The molecule has 0 saturated carbocycles. The molecule has 1 rings (SSSR count). The Morgan fingerprint density at radius 1 is 1.42 bits per heavy atom. The summed E-state index contributed by atoms with van der Waals surface area (Å²) < 4.78 is 45.3. The van der Waals surface area contributed by atoms with E-state index in [2.05, 4.69) is 37.2 Å². The Hall–Kier alpha value is -1.68. The highest BCUT2D eigenvalue weighted by atomic mass is 79.9. The Labute approximate surface area is 115 Å². The van der Waals surface area contributed by atoms with Crippen LogP contribution in [0.5, 0.6) is 5.75 Å². The Morgan fingerprint density at radius 3 is 2.68 bits per heavy atom. The Kier molecular flexibility index (Phi) is 5.24. The predicted octanol–water partition coefficient (Wildman–Crippen LogP) is 3.26. The van der Waals surface area contributed by atoms with Gasteiger partial charge >= 0.3 is 12.3 Å². The lowest BCUT2D eigenvalue weighted by molar-refractivity contribution is -0.274. The fourth-order valence-corrected chi connectivity index (χ4v) is 1.43. The summed E-state index contributed by atoms with van der Waals surface area (Å²) >= 11 is 3.02. The van der Waals surface area contributed by atoms with Crippen LogP contribution in [0.1, 0.15) is 12.5 Å². The molecule has 0 radical (unpaired) electrons. The number of esters is 1. The van der Waals surface area contributed by atoms with Gasteiger partial charge in [-0.3, -0.25) is 0 Å². The fraction of sp³-hybridized carbons (Fsp3) is 0.250. The minimum atomic E-state index is -4.83. The number of halogens is 4. The molecule has 0 aromatic heterocycles. The van der Waals surface area contributed by atoms with Gasteiger partial charge < -0.3 is 9.47 Å². The van der Waals surface area contributed by atoms with Gasteiger partial charge in [-0.25, -0.2) is 4.79 Å². The number of carbonyl (C=O) groups excluding carboxylic acids is 1. The summed E-state index contributed by atoms with van der Waals surface area (Å²) in [6.07, 6.45) is -4.83. The molecule has 0 atom stereocenters. The Bertz CT molecular complexity index is 529. The molecule has 0 saturated heterocycles. The quantitative estimate of drug-likeness (QED) is 0.614. The third-order valence-corrected chi connectivity index (χ3v) is 2.24. The second kappa shape index (κ2) is 6.48. The average molecular weight is 337 g/mol. The third kappa shape index (κ3) is 5.66. The first kappa shape index (κ1) is 15.4. The van der Waals surface area contributed by atoms with E-state index < -0.39 is 18.1 Å². The van der Waals surface area contributed by atoms with Crippen molar-refractivity contribution in [3.05, 3.63) is 28.2 Å². The SMILES string of the molecule is CCOC(=O)C#Cc1ccc(Br)cc1OC(F)(F)F. The summed E-state index contributed by atoms with van der Waals surface area (Å²) in [5.41, 5.74) is -0.0615. The van der Waals surface area contributed by atoms with Crippen LogP contribution in [0.15, 0.2) is 22.7 Å². The first-order valence-electron chi connectivity index (χ1n) is 5.06. The van der Waals surface area contributed by atoms with Gasteiger partial charge in [-0.1, -0.05) is 21.9 Å². The van der Waals surface area contributed by atoms with Gasteiger partial charge in [-0.2, -0.15) is 0 Å². The number of alkyl halides is 3. The molecule has 0 spiro atoms. The highest BCUT2D eigenvalue weighted by molar-refractivity contribution is 9.10. The number of hydrogen-bond acceptors (Lipinski definition) is 3. The van der Waals surface area contributed by atoms with E-state index in [1.807, 2.05) is 0 Å². The maximum atomic E-state index is 12.2. The van der Waals surface area contributed by atoms with E-state index in [0.717, 1.165) is 6.07 Å². The molecule has 0 unspecified atom stereocenters. The van der Waals surface area contributed by atoms with E-state index in [0.29, 0.717) is 4.47 Å². The van der Waals surface area contributed by atoms with Crippen molar-refractivity contribution in [3.8, 4) is 17.6 Å². The van der Waals surface area contributed by atoms with Crippen LogP contribution in [0.2, 0.25) is 0 Å². The van der Waals surface area contributed by atoms with Crippen LogP contribution in [0.4, 0.5) is 13.2 Å². The van der Waals surface area contributed by atoms with Crippen LogP contribution in [0.3, 0.4) is 0 Å². The molecule has 7 heteroatoms. The Balaban J connectivity index is 3.03. The third-order valence-electron chi connectivity index (χ3n) is 1.74. The molecule has 0 amide bonds. The lowest BCUT2D eigenvalue weighted by Gasteiger charge is -2.10. The molecule has 19 heavy (non-hydrogen) atoms. The number of ether oxygens (including phenoxy) is 2. The molecule has 0 bridgehead atoms. The number of benzene rings is 1. The van der Waals surface area contributed by atoms with Gasteiger partial charge in [-0.15, -0.1) is 13.2 Å². The lowest BCUT2D eigenvalue weighted by atomic mass is 10.2. The van der Waals surface area contributed by atoms with Gasteiger partial charge in [-0.05, 0) is 25.1 Å². The molecule has 102 valence electrons. The summed E-state index contributed by atoms with van der Waals surface area (Å²) in [5, 5.41) is 0. The van der Waals surface area contributed by atoms with Crippen molar-refractivity contribution in [2.75, 3.05) is 6.61 Å². The fourth-order valence-electron chi connectivity index (χ4n) is 1.09. The van der Waals surface area contributed by atoms with Crippen LogP contribution in [-0.4, -0.2) is 18.9 Å².